The van der Waals surface area contributed by atoms with Crippen molar-refractivity contribution in [1.82, 2.24) is 4.98 Å². The monoisotopic (exact) mass is 330 g/mol. The summed E-state index contributed by atoms with van der Waals surface area (Å²) >= 11 is 1.35. The third kappa shape index (κ3) is 3.96. The molecule has 1 aliphatic carbocycles. The standard InChI is InChI=1S/C17H18N2O3S/c1-10-3-5-12(6-4-10)14-9-23-17(18-14)19-15(20)8-22-16(21)13-7-11(13)2/h3-6,9,11,13H,7-8H2,1-2H3,(H,18,19,20)/t11-,13+/m1/s1. The van der Waals surface area contributed by atoms with Gasteiger partial charge in [-0.2, -0.15) is 0 Å². The average Bonchev–Trinajstić information content (AvgIpc) is 3.08. The van der Waals surface area contributed by atoms with Gasteiger partial charge in [0.15, 0.2) is 11.7 Å². The highest BCUT2D eigenvalue weighted by Crippen LogP contribution is 2.38. The van der Waals surface area contributed by atoms with Gasteiger partial charge in [-0.1, -0.05) is 36.8 Å². The first-order valence-corrected chi connectivity index (χ1v) is 8.40. The number of nitrogens with zero attached hydrogens (tertiary/aromatic N) is 1. The topological polar surface area (TPSA) is 68.3 Å². The molecule has 1 N–H and O–H groups in total. The van der Waals surface area contributed by atoms with Crippen molar-refractivity contribution in [1.29, 1.82) is 0 Å². The fourth-order valence-electron chi connectivity index (χ4n) is 2.24. The molecule has 0 spiro atoms. The van der Waals surface area contributed by atoms with Gasteiger partial charge in [0.05, 0.1) is 11.6 Å². The summed E-state index contributed by atoms with van der Waals surface area (Å²) in [5.74, 6) is -0.305. The van der Waals surface area contributed by atoms with Crippen LogP contribution in [-0.4, -0.2) is 23.5 Å². The van der Waals surface area contributed by atoms with Crippen molar-refractivity contribution in [3.63, 3.8) is 0 Å². The molecule has 2 atom stereocenters. The normalized spacial score (nSPS) is 19.2. The lowest BCUT2D eigenvalue weighted by Gasteiger charge is -2.03. The number of rotatable bonds is 5. The Morgan fingerprint density at radius 3 is 2.70 bits per heavy atom. The van der Waals surface area contributed by atoms with E-state index in [-0.39, 0.29) is 24.4 Å². The van der Waals surface area contributed by atoms with Crippen LogP contribution in [0, 0.1) is 18.8 Å². The van der Waals surface area contributed by atoms with E-state index in [1.165, 1.54) is 16.9 Å². The van der Waals surface area contributed by atoms with E-state index in [0.717, 1.165) is 17.7 Å². The first-order valence-electron chi connectivity index (χ1n) is 7.52. The Hall–Kier alpha value is -2.21. The summed E-state index contributed by atoms with van der Waals surface area (Å²) < 4.78 is 5.00. The summed E-state index contributed by atoms with van der Waals surface area (Å²) in [5.41, 5.74) is 3.00. The van der Waals surface area contributed by atoms with Crippen LogP contribution < -0.4 is 5.32 Å². The van der Waals surface area contributed by atoms with Gasteiger partial charge in [0.2, 0.25) is 0 Å². The largest absolute Gasteiger partial charge is 0.455 e. The van der Waals surface area contributed by atoms with Gasteiger partial charge in [0.25, 0.3) is 5.91 Å². The molecule has 0 aliphatic heterocycles. The highest BCUT2D eigenvalue weighted by atomic mass is 32.1. The number of carbonyl (C=O) groups excluding carboxylic acids is 2. The second-order valence-corrected chi connectivity index (χ2v) is 6.74. The minimum absolute atomic E-state index is 0.0317. The molecule has 0 saturated heterocycles. The summed E-state index contributed by atoms with van der Waals surface area (Å²) in [7, 11) is 0. The van der Waals surface area contributed by atoms with Crippen LogP contribution in [0.3, 0.4) is 0 Å². The number of hydrogen-bond donors (Lipinski definition) is 1. The Morgan fingerprint density at radius 1 is 1.35 bits per heavy atom. The lowest BCUT2D eigenvalue weighted by atomic mass is 10.1. The highest BCUT2D eigenvalue weighted by molar-refractivity contribution is 7.14. The van der Waals surface area contributed by atoms with Gasteiger partial charge in [-0.25, -0.2) is 4.98 Å². The molecule has 2 aromatic rings. The van der Waals surface area contributed by atoms with E-state index in [2.05, 4.69) is 10.3 Å². The van der Waals surface area contributed by atoms with Crippen LogP contribution in [0.5, 0.6) is 0 Å². The number of carbonyl (C=O) groups is 2. The molecule has 5 nitrogen and oxygen atoms in total. The molecule has 1 saturated carbocycles. The Kier molecular flexibility index (Phi) is 4.43. The molecular formula is C17H18N2O3S. The lowest BCUT2D eigenvalue weighted by molar-refractivity contribution is -0.148. The molecule has 6 heteroatoms. The number of hydrogen-bond acceptors (Lipinski definition) is 5. The number of esters is 1. The van der Waals surface area contributed by atoms with Crippen molar-refractivity contribution in [3.8, 4) is 11.3 Å². The number of benzene rings is 1. The second kappa shape index (κ2) is 6.50. The van der Waals surface area contributed by atoms with Crippen LogP contribution in [-0.2, 0) is 14.3 Å². The number of ether oxygens (including phenoxy) is 1. The lowest BCUT2D eigenvalue weighted by Crippen LogP contribution is -2.21. The first kappa shape index (κ1) is 15.7. The molecule has 1 aliphatic rings. The van der Waals surface area contributed by atoms with Crippen LogP contribution in [0.25, 0.3) is 11.3 Å². The van der Waals surface area contributed by atoms with Crippen LogP contribution in [0.4, 0.5) is 5.13 Å². The van der Waals surface area contributed by atoms with E-state index in [1.54, 1.807) is 0 Å². The highest BCUT2D eigenvalue weighted by Gasteiger charge is 2.40. The summed E-state index contributed by atoms with van der Waals surface area (Å²) in [4.78, 5) is 27.8. The Bertz CT molecular complexity index is 724. The van der Waals surface area contributed by atoms with Gasteiger partial charge in [-0.15, -0.1) is 11.3 Å². The van der Waals surface area contributed by atoms with Crippen LogP contribution >= 0.6 is 11.3 Å². The average molecular weight is 330 g/mol. The third-order valence-corrected chi connectivity index (χ3v) is 4.61. The van der Waals surface area contributed by atoms with E-state index in [4.69, 9.17) is 4.74 Å². The first-order chi connectivity index (χ1) is 11.0. The van der Waals surface area contributed by atoms with Crippen molar-refractivity contribution < 1.29 is 14.3 Å². The fourth-order valence-corrected chi connectivity index (χ4v) is 2.97. The quantitative estimate of drug-likeness (QED) is 0.855. The van der Waals surface area contributed by atoms with Gasteiger partial charge in [0.1, 0.15) is 0 Å². The number of thiazole rings is 1. The van der Waals surface area contributed by atoms with Crippen molar-refractivity contribution >= 4 is 28.3 Å². The SMILES string of the molecule is Cc1ccc(-c2csc(NC(=O)COC(=O)[C@H]3C[C@H]3C)n2)cc1. The number of aromatic nitrogens is 1. The van der Waals surface area contributed by atoms with Crippen LogP contribution in [0.1, 0.15) is 18.9 Å². The summed E-state index contributed by atoms with van der Waals surface area (Å²) in [6, 6.07) is 8.03. The Labute approximate surface area is 138 Å². The third-order valence-electron chi connectivity index (χ3n) is 3.86. The van der Waals surface area contributed by atoms with Crippen LogP contribution in [0.2, 0.25) is 0 Å². The van der Waals surface area contributed by atoms with Gasteiger partial charge in [-0.3, -0.25) is 14.9 Å². The minimum Gasteiger partial charge on any atom is -0.455 e. The van der Waals surface area contributed by atoms with E-state index in [9.17, 15) is 9.59 Å². The van der Waals surface area contributed by atoms with Gasteiger partial charge < -0.3 is 4.74 Å². The Balaban J connectivity index is 1.53. The minimum atomic E-state index is -0.364. The maximum absolute atomic E-state index is 11.8. The molecule has 1 heterocycles. The van der Waals surface area contributed by atoms with Gasteiger partial charge >= 0.3 is 5.97 Å². The molecule has 1 aromatic carbocycles. The van der Waals surface area contributed by atoms with Crippen LogP contribution in [0.15, 0.2) is 29.6 Å². The molecule has 23 heavy (non-hydrogen) atoms. The second-order valence-electron chi connectivity index (χ2n) is 5.88. The number of anilines is 1. The molecule has 120 valence electrons. The number of aryl methyl sites for hydroxylation is 1. The van der Waals surface area contributed by atoms with E-state index in [1.807, 2.05) is 43.5 Å². The zero-order valence-electron chi connectivity index (χ0n) is 13.0. The molecule has 3 rings (SSSR count). The van der Waals surface area contributed by atoms with E-state index in [0.29, 0.717) is 11.0 Å². The van der Waals surface area contributed by atoms with E-state index >= 15 is 0 Å². The molecule has 1 aromatic heterocycles. The summed E-state index contributed by atoms with van der Waals surface area (Å²) in [5, 5.41) is 5.05. The van der Waals surface area contributed by atoms with Gasteiger partial charge in [0, 0.05) is 10.9 Å². The molecule has 0 unspecified atom stereocenters. The Morgan fingerprint density at radius 2 is 2.04 bits per heavy atom. The van der Waals surface area contributed by atoms with Crippen molar-refractivity contribution in [2.24, 2.45) is 11.8 Å². The summed E-state index contributed by atoms with van der Waals surface area (Å²) in [6.07, 6.45) is 0.854. The zero-order chi connectivity index (χ0) is 16.4. The molecule has 0 radical (unpaired) electrons. The molecular weight excluding hydrogens is 312 g/mol. The predicted molar refractivity (Wildman–Crippen MR) is 89.1 cm³/mol. The zero-order valence-corrected chi connectivity index (χ0v) is 13.9. The maximum Gasteiger partial charge on any atom is 0.309 e. The number of amides is 1. The van der Waals surface area contributed by atoms with Gasteiger partial charge in [-0.05, 0) is 19.3 Å². The number of nitrogens with one attached hydrogen (secondary N) is 1. The maximum atomic E-state index is 11.8. The molecule has 0 bridgehead atoms. The fraction of sp³-hybridized carbons (Fsp3) is 0.353. The predicted octanol–water partition coefficient (Wildman–Crippen LogP) is 3.26. The van der Waals surface area contributed by atoms with Crippen molar-refractivity contribution in [2.75, 3.05) is 11.9 Å². The molecule has 1 fully saturated rings. The van der Waals surface area contributed by atoms with Crippen molar-refractivity contribution in [2.45, 2.75) is 20.3 Å². The molecule has 1 amide bonds. The van der Waals surface area contributed by atoms with Crippen molar-refractivity contribution in [3.05, 3.63) is 35.2 Å². The summed E-state index contributed by atoms with van der Waals surface area (Å²) in [6.45, 7) is 3.76. The smallest absolute Gasteiger partial charge is 0.309 e. The van der Waals surface area contributed by atoms with E-state index < -0.39 is 0 Å².